The van der Waals surface area contributed by atoms with E-state index in [0.717, 1.165) is 32.0 Å². The van der Waals surface area contributed by atoms with Crippen molar-refractivity contribution in [3.05, 3.63) is 51.8 Å². The van der Waals surface area contributed by atoms with Crippen LogP contribution in [0.1, 0.15) is 13.0 Å². The first-order valence-electron chi connectivity index (χ1n) is 8.08. The Morgan fingerprint density at radius 2 is 2.00 bits per heavy atom. The quantitative estimate of drug-likeness (QED) is 0.895. The van der Waals surface area contributed by atoms with Gasteiger partial charge in [0.25, 0.3) is 5.56 Å². The number of benzene rings is 1. The van der Waals surface area contributed by atoms with Crippen LogP contribution >= 0.6 is 11.6 Å². The highest BCUT2D eigenvalue weighted by molar-refractivity contribution is 6.32. The van der Waals surface area contributed by atoms with Gasteiger partial charge in [-0.15, -0.1) is 0 Å². The number of nitrogens with one attached hydrogen (secondary N) is 1. The summed E-state index contributed by atoms with van der Waals surface area (Å²) in [5.74, 6) is 1.43. The second-order valence-corrected chi connectivity index (χ2v) is 6.21. The molecule has 1 aliphatic heterocycles. The fourth-order valence-electron chi connectivity index (χ4n) is 2.64. The average molecular weight is 349 g/mol. The molecule has 1 saturated heterocycles. The van der Waals surface area contributed by atoms with Crippen molar-refractivity contribution in [3.8, 4) is 5.75 Å². The molecular formula is C17H21ClN4O2. The molecule has 0 radical (unpaired) electrons. The fraction of sp³-hybridized carbons (Fsp3) is 0.412. The van der Waals surface area contributed by atoms with E-state index < -0.39 is 0 Å². The molecule has 2 aromatic rings. The average Bonchev–Trinajstić information content (AvgIpc) is 2.62. The van der Waals surface area contributed by atoms with Crippen molar-refractivity contribution in [3.63, 3.8) is 0 Å². The molecule has 0 bridgehead atoms. The third-order valence-corrected chi connectivity index (χ3v) is 4.30. The van der Waals surface area contributed by atoms with Gasteiger partial charge in [0.15, 0.2) is 0 Å². The molecule has 0 amide bonds. The zero-order chi connectivity index (χ0) is 16.9. The molecule has 1 aromatic carbocycles. The van der Waals surface area contributed by atoms with Crippen molar-refractivity contribution in [1.82, 2.24) is 15.1 Å². The second kappa shape index (κ2) is 7.68. The monoisotopic (exact) mass is 348 g/mol. The summed E-state index contributed by atoms with van der Waals surface area (Å²) in [5.41, 5.74) is -0.135. The molecule has 0 saturated carbocycles. The number of anilines is 1. The minimum absolute atomic E-state index is 0.135. The number of hydrogen-bond acceptors (Lipinski definition) is 5. The molecule has 0 spiro atoms. The standard InChI is InChI=1S/C17H21ClN4O2/c1-13(12-24-15-5-3-2-4-14(15)18)22-17(23)7-6-16(20-22)21-10-8-19-9-11-21/h2-7,13,19H,8-12H2,1H3/t13-/m0/s1. The number of halogens is 1. The highest BCUT2D eigenvalue weighted by Gasteiger charge is 2.15. The third kappa shape index (κ3) is 3.88. The van der Waals surface area contributed by atoms with Gasteiger partial charge in [-0.1, -0.05) is 23.7 Å². The van der Waals surface area contributed by atoms with E-state index in [1.807, 2.05) is 25.1 Å². The summed E-state index contributed by atoms with van der Waals surface area (Å²) in [6.07, 6.45) is 0. The van der Waals surface area contributed by atoms with Crippen molar-refractivity contribution in [2.75, 3.05) is 37.7 Å². The lowest BCUT2D eigenvalue weighted by Gasteiger charge is -2.29. The molecule has 1 aromatic heterocycles. The van der Waals surface area contributed by atoms with Crippen LogP contribution in [-0.4, -0.2) is 42.6 Å². The van der Waals surface area contributed by atoms with Crippen LogP contribution in [0.15, 0.2) is 41.2 Å². The number of rotatable bonds is 5. The molecule has 0 unspecified atom stereocenters. The van der Waals surface area contributed by atoms with Crippen LogP contribution in [0.3, 0.4) is 0 Å². The number of piperazine rings is 1. The van der Waals surface area contributed by atoms with E-state index in [4.69, 9.17) is 16.3 Å². The Morgan fingerprint density at radius 1 is 1.25 bits per heavy atom. The number of ether oxygens (including phenoxy) is 1. The van der Waals surface area contributed by atoms with Gasteiger partial charge in [-0.25, -0.2) is 4.68 Å². The van der Waals surface area contributed by atoms with Gasteiger partial charge in [0, 0.05) is 32.2 Å². The van der Waals surface area contributed by atoms with E-state index in [0.29, 0.717) is 17.4 Å². The van der Waals surface area contributed by atoms with Crippen LogP contribution in [-0.2, 0) is 0 Å². The van der Waals surface area contributed by atoms with Crippen LogP contribution in [0.5, 0.6) is 5.75 Å². The van der Waals surface area contributed by atoms with Gasteiger partial charge in [0.2, 0.25) is 0 Å². The molecule has 24 heavy (non-hydrogen) atoms. The van der Waals surface area contributed by atoms with E-state index in [1.54, 1.807) is 18.2 Å². The largest absolute Gasteiger partial charge is 0.490 e. The Bertz CT molecular complexity index is 743. The van der Waals surface area contributed by atoms with Gasteiger partial charge in [-0.3, -0.25) is 4.79 Å². The van der Waals surface area contributed by atoms with Gasteiger partial charge >= 0.3 is 0 Å². The number of nitrogens with zero attached hydrogens (tertiary/aromatic N) is 3. The van der Waals surface area contributed by atoms with Crippen LogP contribution in [0.4, 0.5) is 5.82 Å². The van der Waals surface area contributed by atoms with Crippen molar-refractivity contribution in [2.24, 2.45) is 0 Å². The highest BCUT2D eigenvalue weighted by Crippen LogP contribution is 2.24. The molecule has 3 rings (SSSR count). The predicted octanol–water partition coefficient (Wildman–Crippen LogP) is 1.95. The molecule has 1 fully saturated rings. The number of para-hydroxylation sites is 1. The van der Waals surface area contributed by atoms with Gasteiger partial charge in [0.05, 0.1) is 11.1 Å². The zero-order valence-corrected chi connectivity index (χ0v) is 14.4. The molecule has 7 heteroatoms. The number of aromatic nitrogens is 2. The predicted molar refractivity (Wildman–Crippen MR) is 95.2 cm³/mol. The van der Waals surface area contributed by atoms with E-state index in [-0.39, 0.29) is 11.6 Å². The molecule has 1 N–H and O–H groups in total. The molecule has 2 heterocycles. The Balaban J connectivity index is 1.72. The highest BCUT2D eigenvalue weighted by atomic mass is 35.5. The SMILES string of the molecule is C[C@@H](COc1ccccc1Cl)n1nc(N2CCNCC2)ccc1=O. The summed E-state index contributed by atoms with van der Waals surface area (Å²) in [5, 5.41) is 8.38. The molecule has 128 valence electrons. The van der Waals surface area contributed by atoms with E-state index in [9.17, 15) is 4.79 Å². The summed E-state index contributed by atoms with van der Waals surface area (Å²) in [7, 11) is 0. The zero-order valence-electron chi connectivity index (χ0n) is 13.6. The van der Waals surface area contributed by atoms with Gasteiger partial charge in [0.1, 0.15) is 18.2 Å². The normalized spacial score (nSPS) is 16.0. The van der Waals surface area contributed by atoms with E-state index in [1.165, 1.54) is 4.68 Å². The van der Waals surface area contributed by atoms with Crippen LogP contribution in [0.2, 0.25) is 5.02 Å². The van der Waals surface area contributed by atoms with Crippen LogP contribution in [0.25, 0.3) is 0 Å². The molecular weight excluding hydrogens is 328 g/mol. The second-order valence-electron chi connectivity index (χ2n) is 5.80. The lowest BCUT2D eigenvalue weighted by atomic mass is 10.3. The molecule has 1 atom stereocenters. The van der Waals surface area contributed by atoms with Crippen molar-refractivity contribution in [1.29, 1.82) is 0 Å². The Hall–Kier alpha value is -2.05. The summed E-state index contributed by atoms with van der Waals surface area (Å²) >= 11 is 6.09. The summed E-state index contributed by atoms with van der Waals surface area (Å²) in [4.78, 5) is 14.3. The molecule has 0 aliphatic carbocycles. The van der Waals surface area contributed by atoms with Gasteiger partial charge in [-0.05, 0) is 25.1 Å². The van der Waals surface area contributed by atoms with E-state index in [2.05, 4.69) is 15.3 Å². The van der Waals surface area contributed by atoms with Gasteiger partial charge in [-0.2, -0.15) is 5.10 Å². The Labute approximate surface area is 146 Å². The maximum atomic E-state index is 12.2. The topological polar surface area (TPSA) is 59.4 Å². The lowest BCUT2D eigenvalue weighted by molar-refractivity contribution is 0.246. The maximum absolute atomic E-state index is 12.2. The van der Waals surface area contributed by atoms with Crippen molar-refractivity contribution in [2.45, 2.75) is 13.0 Å². The van der Waals surface area contributed by atoms with E-state index >= 15 is 0 Å². The third-order valence-electron chi connectivity index (χ3n) is 3.99. The fourth-order valence-corrected chi connectivity index (χ4v) is 2.83. The smallest absolute Gasteiger partial charge is 0.267 e. The minimum Gasteiger partial charge on any atom is -0.490 e. The Kier molecular flexibility index (Phi) is 5.37. The summed E-state index contributed by atoms with van der Waals surface area (Å²) in [6.45, 7) is 5.85. The van der Waals surface area contributed by atoms with Crippen LogP contribution < -0.4 is 20.5 Å². The van der Waals surface area contributed by atoms with Crippen LogP contribution in [0, 0.1) is 0 Å². The van der Waals surface area contributed by atoms with Crippen molar-refractivity contribution >= 4 is 17.4 Å². The maximum Gasteiger partial charge on any atom is 0.267 e. The lowest BCUT2D eigenvalue weighted by Crippen LogP contribution is -2.44. The van der Waals surface area contributed by atoms with Gasteiger partial charge < -0.3 is 15.0 Å². The van der Waals surface area contributed by atoms with Crippen molar-refractivity contribution < 1.29 is 4.74 Å². The Morgan fingerprint density at radius 3 is 2.75 bits per heavy atom. The molecule has 6 nitrogen and oxygen atoms in total. The first-order valence-corrected chi connectivity index (χ1v) is 8.46. The summed E-state index contributed by atoms with van der Waals surface area (Å²) < 4.78 is 7.22. The first-order chi connectivity index (χ1) is 11.6. The summed E-state index contributed by atoms with van der Waals surface area (Å²) in [6, 6.07) is 10.4. The first kappa shape index (κ1) is 16.8. The minimum atomic E-state index is -0.198. The number of hydrogen-bond donors (Lipinski definition) is 1. The molecule has 1 aliphatic rings.